The minimum absolute atomic E-state index is 0.0869. The zero-order valence-electron chi connectivity index (χ0n) is 13.6. The number of aryl methyl sites for hydroxylation is 1. The number of benzene rings is 2. The molecule has 0 fully saturated rings. The lowest BCUT2D eigenvalue weighted by Crippen LogP contribution is -2.30. The molecule has 25 heavy (non-hydrogen) atoms. The Morgan fingerprint density at radius 1 is 1.12 bits per heavy atom. The molecule has 4 rings (SSSR count). The van der Waals surface area contributed by atoms with Crippen LogP contribution in [-0.2, 0) is 16.4 Å². The first kappa shape index (κ1) is 16.3. The Morgan fingerprint density at radius 2 is 1.88 bits per heavy atom. The molecule has 0 spiro atoms. The summed E-state index contributed by atoms with van der Waals surface area (Å²) in [6.45, 7) is 0.342. The summed E-state index contributed by atoms with van der Waals surface area (Å²) in [5.74, 6) is -0.315. The first-order valence-corrected chi connectivity index (χ1v) is 9.87. The van der Waals surface area contributed by atoms with Crippen LogP contribution in [0.15, 0.2) is 53.4 Å². The van der Waals surface area contributed by atoms with E-state index in [0.29, 0.717) is 6.54 Å². The van der Waals surface area contributed by atoms with Crippen molar-refractivity contribution in [2.75, 3.05) is 6.54 Å². The number of para-hydroxylation sites is 1. The molecule has 1 unspecified atom stereocenters. The number of halogens is 1. The van der Waals surface area contributed by atoms with Crippen molar-refractivity contribution in [3.8, 4) is 0 Å². The van der Waals surface area contributed by atoms with Gasteiger partial charge in [-0.1, -0.05) is 18.2 Å². The van der Waals surface area contributed by atoms with Crippen molar-refractivity contribution in [2.45, 2.75) is 30.1 Å². The molecule has 2 aromatic carbocycles. The minimum atomic E-state index is -3.64. The van der Waals surface area contributed by atoms with Gasteiger partial charge in [-0.05, 0) is 61.1 Å². The number of nitrogens with one attached hydrogen (secondary N) is 2. The van der Waals surface area contributed by atoms with Crippen molar-refractivity contribution in [3.05, 3.63) is 65.6 Å². The predicted molar refractivity (Wildman–Crippen MR) is 95.6 cm³/mol. The average Bonchev–Trinajstić information content (AvgIpc) is 2.99. The summed E-state index contributed by atoms with van der Waals surface area (Å²) in [6.07, 6.45) is 2.97. The van der Waals surface area contributed by atoms with Gasteiger partial charge in [0.2, 0.25) is 10.0 Å². The third kappa shape index (κ3) is 3.07. The van der Waals surface area contributed by atoms with Crippen LogP contribution in [0.2, 0.25) is 0 Å². The Bertz CT molecular complexity index is 1010. The highest BCUT2D eigenvalue weighted by atomic mass is 32.2. The van der Waals surface area contributed by atoms with Crippen LogP contribution in [0, 0.1) is 5.82 Å². The van der Waals surface area contributed by atoms with E-state index in [1.165, 1.54) is 28.8 Å². The Balaban J connectivity index is 1.59. The van der Waals surface area contributed by atoms with Gasteiger partial charge >= 0.3 is 0 Å². The van der Waals surface area contributed by atoms with E-state index >= 15 is 0 Å². The lowest BCUT2D eigenvalue weighted by Gasteiger charge is -2.23. The lowest BCUT2D eigenvalue weighted by atomic mass is 9.85. The molecule has 1 atom stereocenters. The second-order valence-corrected chi connectivity index (χ2v) is 8.22. The van der Waals surface area contributed by atoms with E-state index in [0.717, 1.165) is 36.9 Å². The number of hydrogen-bond acceptors (Lipinski definition) is 2. The number of hydrogen-bond donors (Lipinski definition) is 2. The molecular formula is C19H19FN2O2S. The summed E-state index contributed by atoms with van der Waals surface area (Å²) < 4.78 is 40.6. The van der Waals surface area contributed by atoms with Gasteiger partial charge in [-0.3, -0.25) is 0 Å². The van der Waals surface area contributed by atoms with Gasteiger partial charge in [0.05, 0.1) is 4.90 Å². The summed E-state index contributed by atoms with van der Waals surface area (Å²) in [5, 5.41) is 1.17. The quantitative estimate of drug-likeness (QED) is 0.747. The van der Waals surface area contributed by atoms with E-state index in [1.54, 1.807) is 0 Å². The second kappa shape index (κ2) is 6.28. The van der Waals surface area contributed by atoms with Crippen LogP contribution in [0.3, 0.4) is 0 Å². The highest BCUT2D eigenvalue weighted by molar-refractivity contribution is 7.89. The molecule has 1 aliphatic rings. The summed E-state index contributed by atoms with van der Waals surface area (Å²) >= 11 is 0. The Labute approximate surface area is 146 Å². The summed E-state index contributed by atoms with van der Waals surface area (Å²) in [5.41, 5.74) is 3.53. The van der Waals surface area contributed by atoms with E-state index < -0.39 is 15.8 Å². The van der Waals surface area contributed by atoms with Crippen LogP contribution in [0.25, 0.3) is 10.9 Å². The molecule has 3 aromatic rings. The number of fused-ring (bicyclic) bond motifs is 3. The molecule has 0 saturated carbocycles. The molecule has 4 nitrogen and oxygen atoms in total. The third-order valence-electron chi connectivity index (χ3n) is 4.86. The van der Waals surface area contributed by atoms with Gasteiger partial charge in [-0.25, -0.2) is 17.5 Å². The summed E-state index contributed by atoms with van der Waals surface area (Å²) in [6, 6.07) is 13.0. The van der Waals surface area contributed by atoms with Crippen LogP contribution in [0.4, 0.5) is 4.39 Å². The van der Waals surface area contributed by atoms with E-state index in [4.69, 9.17) is 0 Å². The monoisotopic (exact) mass is 358 g/mol. The number of aromatic nitrogens is 1. The minimum Gasteiger partial charge on any atom is -0.358 e. The second-order valence-electron chi connectivity index (χ2n) is 6.46. The van der Waals surface area contributed by atoms with Crippen molar-refractivity contribution < 1.29 is 12.8 Å². The zero-order valence-corrected chi connectivity index (χ0v) is 14.4. The molecule has 0 radical (unpaired) electrons. The molecule has 1 heterocycles. The Kier molecular flexibility index (Phi) is 4.09. The van der Waals surface area contributed by atoms with E-state index in [-0.39, 0.29) is 10.8 Å². The van der Waals surface area contributed by atoms with Crippen LogP contribution in [0.5, 0.6) is 0 Å². The SMILES string of the molecule is O=S(=O)(NCC1CCCc2[nH]c3ccccc3c21)c1ccc(F)cc1. The Morgan fingerprint density at radius 3 is 2.68 bits per heavy atom. The fraction of sp³-hybridized carbons (Fsp3) is 0.263. The van der Waals surface area contributed by atoms with E-state index in [1.807, 2.05) is 18.2 Å². The van der Waals surface area contributed by atoms with Crippen LogP contribution in [-0.4, -0.2) is 19.9 Å². The first-order valence-electron chi connectivity index (χ1n) is 8.39. The average molecular weight is 358 g/mol. The summed E-state index contributed by atoms with van der Waals surface area (Å²) in [4.78, 5) is 3.55. The maximum Gasteiger partial charge on any atom is 0.240 e. The lowest BCUT2D eigenvalue weighted by molar-refractivity contribution is 0.529. The van der Waals surface area contributed by atoms with Crippen LogP contribution in [0.1, 0.15) is 30.0 Å². The van der Waals surface area contributed by atoms with Crippen LogP contribution >= 0.6 is 0 Å². The van der Waals surface area contributed by atoms with Gasteiger partial charge in [-0.15, -0.1) is 0 Å². The van der Waals surface area contributed by atoms with Gasteiger partial charge in [-0.2, -0.15) is 0 Å². The molecule has 1 aromatic heterocycles. The highest BCUT2D eigenvalue weighted by Gasteiger charge is 2.26. The third-order valence-corrected chi connectivity index (χ3v) is 6.30. The molecule has 130 valence electrons. The largest absolute Gasteiger partial charge is 0.358 e. The maximum atomic E-state index is 13.0. The van der Waals surface area contributed by atoms with Gasteiger partial charge in [0.15, 0.2) is 0 Å². The number of rotatable bonds is 4. The van der Waals surface area contributed by atoms with Gasteiger partial charge < -0.3 is 4.98 Å². The fourth-order valence-electron chi connectivity index (χ4n) is 3.66. The fourth-order valence-corrected chi connectivity index (χ4v) is 4.75. The van der Waals surface area contributed by atoms with Crippen molar-refractivity contribution in [3.63, 3.8) is 0 Å². The van der Waals surface area contributed by atoms with Crippen LogP contribution < -0.4 is 4.72 Å². The smallest absolute Gasteiger partial charge is 0.240 e. The van der Waals surface area contributed by atoms with Crippen molar-refractivity contribution in [1.29, 1.82) is 0 Å². The van der Waals surface area contributed by atoms with Crippen molar-refractivity contribution >= 4 is 20.9 Å². The molecule has 0 aliphatic heterocycles. The topological polar surface area (TPSA) is 62.0 Å². The number of aromatic amines is 1. The predicted octanol–water partition coefficient (Wildman–Crippen LogP) is 3.71. The van der Waals surface area contributed by atoms with Crippen molar-refractivity contribution in [1.82, 2.24) is 9.71 Å². The first-order chi connectivity index (χ1) is 12.0. The molecule has 0 amide bonds. The normalized spacial score (nSPS) is 17.6. The molecular weight excluding hydrogens is 339 g/mol. The molecule has 0 bridgehead atoms. The molecule has 0 saturated heterocycles. The molecule has 2 N–H and O–H groups in total. The van der Waals surface area contributed by atoms with E-state index in [2.05, 4.69) is 15.8 Å². The standard InChI is InChI=1S/C19H19FN2O2S/c20-14-8-10-15(11-9-14)25(23,24)21-12-13-4-3-7-18-19(13)16-5-1-2-6-17(16)22-18/h1-2,5-6,8-11,13,21-22H,3-4,7,12H2. The van der Waals surface area contributed by atoms with E-state index in [9.17, 15) is 12.8 Å². The number of H-pyrrole nitrogens is 1. The Hall–Kier alpha value is -2.18. The van der Waals surface area contributed by atoms with Gasteiger partial charge in [0, 0.05) is 23.1 Å². The highest BCUT2D eigenvalue weighted by Crippen LogP contribution is 2.36. The van der Waals surface area contributed by atoms with Crippen molar-refractivity contribution in [2.24, 2.45) is 0 Å². The maximum absolute atomic E-state index is 13.0. The molecule has 6 heteroatoms. The summed E-state index contributed by atoms with van der Waals surface area (Å²) in [7, 11) is -3.64. The van der Waals surface area contributed by atoms with Gasteiger partial charge in [0.1, 0.15) is 5.82 Å². The molecule has 1 aliphatic carbocycles. The number of sulfonamides is 1. The zero-order chi connectivity index (χ0) is 17.4. The van der Waals surface area contributed by atoms with Gasteiger partial charge in [0.25, 0.3) is 0 Å².